The second-order valence-electron chi connectivity index (χ2n) is 2.49. The molecule has 0 aromatic rings. The van der Waals surface area contributed by atoms with E-state index in [4.69, 9.17) is 9.90 Å². The molecule has 0 aromatic carbocycles. The van der Waals surface area contributed by atoms with Gasteiger partial charge in [-0.05, 0) is 6.42 Å². The average molecular weight is 228 g/mol. The Hall–Kier alpha value is -1.40. The summed E-state index contributed by atoms with van der Waals surface area (Å²) < 4.78 is 31.7. The summed E-state index contributed by atoms with van der Waals surface area (Å²) in [5, 5.41) is 7.12. The minimum Gasteiger partial charge on any atom is -0.475 e. The molecule has 0 fully saturated rings. The van der Waals surface area contributed by atoms with Gasteiger partial charge < -0.3 is 5.11 Å². The number of carboxylic acids is 1. The third-order valence-electron chi connectivity index (χ3n) is 1.15. The highest BCUT2D eigenvalue weighted by Gasteiger charge is 2.38. The number of hydrogen-bond donors (Lipinski definition) is 1. The number of Topliss-reactive ketones (excluding diaryl/α,β-unsaturated/α-hetero) is 1. The molecule has 0 aromatic heterocycles. The second kappa shape index (κ2) is 7.95. The van der Waals surface area contributed by atoms with Crippen LogP contribution in [0.3, 0.4) is 0 Å². The van der Waals surface area contributed by atoms with E-state index < -0.39 is 12.1 Å². The van der Waals surface area contributed by atoms with Crippen molar-refractivity contribution >= 4 is 18.0 Å². The minimum atomic E-state index is -5.08. The Morgan fingerprint density at radius 3 is 1.93 bits per heavy atom. The van der Waals surface area contributed by atoms with E-state index in [1.807, 2.05) is 6.92 Å². The Bertz CT molecular complexity index is 222. The first-order valence-electron chi connectivity index (χ1n) is 4.03. The van der Waals surface area contributed by atoms with E-state index in [0.29, 0.717) is 12.7 Å². The molecule has 88 valence electrons. The van der Waals surface area contributed by atoms with Gasteiger partial charge in [0.25, 0.3) is 0 Å². The van der Waals surface area contributed by atoms with Crippen molar-refractivity contribution in [3.8, 4) is 0 Å². The minimum absolute atomic E-state index is 0.285. The van der Waals surface area contributed by atoms with E-state index in [-0.39, 0.29) is 5.78 Å². The van der Waals surface area contributed by atoms with Gasteiger partial charge >= 0.3 is 12.1 Å². The maximum absolute atomic E-state index is 10.6. The molecule has 0 bridgehead atoms. The molecule has 0 saturated heterocycles. The van der Waals surface area contributed by atoms with Gasteiger partial charge in [-0.1, -0.05) is 13.3 Å². The first kappa shape index (κ1) is 16.0. The Kier molecular flexibility index (Phi) is 8.51. The van der Waals surface area contributed by atoms with Gasteiger partial charge in [0.1, 0.15) is 0 Å². The normalized spacial score (nSPS) is 9.87. The molecule has 7 heteroatoms. The van der Waals surface area contributed by atoms with Gasteiger partial charge in [0, 0.05) is 6.42 Å². The lowest BCUT2D eigenvalue weighted by molar-refractivity contribution is -0.192. The van der Waals surface area contributed by atoms with Gasteiger partial charge in [0.15, 0.2) is 12.1 Å². The van der Waals surface area contributed by atoms with Crippen molar-refractivity contribution in [2.24, 2.45) is 0 Å². The van der Waals surface area contributed by atoms with Crippen LogP contribution in [0.15, 0.2) is 0 Å². The Morgan fingerprint density at radius 1 is 1.33 bits per heavy atom. The average Bonchev–Trinajstić information content (AvgIpc) is 2.13. The van der Waals surface area contributed by atoms with E-state index >= 15 is 0 Å². The molecular formula is C8H11F3O4. The number of ketones is 1. The summed E-state index contributed by atoms with van der Waals surface area (Å²) in [6, 6.07) is 0. The predicted octanol–water partition coefficient (Wildman–Crippen LogP) is 1.58. The number of carbonyl (C=O) groups is 3. The van der Waals surface area contributed by atoms with E-state index in [1.54, 1.807) is 0 Å². The number of alkyl halides is 3. The van der Waals surface area contributed by atoms with E-state index in [0.717, 1.165) is 12.8 Å². The molecule has 0 radical (unpaired) electrons. The molecule has 0 aliphatic heterocycles. The Labute approximate surface area is 84.1 Å². The highest BCUT2D eigenvalue weighted by molar-refractivity contribution is 6.24. The predicted molar refractivity (Wildman–Crippen MR) is 44.3 cm³/mol. The zero-order valence-electron chi connectivity index (χ0n) is 8.00. The van der Waals surface area contributed by atoms with Crippen LogP contribution in [0, 0.1) is 0 Å². The topological polar surface area (TPSA) is 71.4 Å². The summed E-state index contributed by atoms with van der Waals surface area (Å²) >= 11 is 0. The van der Waals surface area contributed by atoms with Crippen LogP contribution in [0.5, 0.6) is 0 Å². The van der Waals surface area contributed by atoms with Crippen molar-refractivity contribution < 1.29 is 32.7 Å². The molecule has 0 unspecified atom stereocenters. The summed E-state index contributed by atoms with van der Waals surface area (Å²) in [5.74, 6) is -3.04. The molecular weight excluding hydrogens is 217 g/mol. The van der Waals surface area contributed by atoms with Crippen LogP contribution in [0.2, 0.25) is 0 Å². The van der Waals surface area contributed by atoms with Gasteiger partial charge in [0.2, 0.25) is 0 Å². The van der Waals surface area contributed by atoms with Crippen LogP contribution in [0.4, 0.5) is 13.2 Å². The summed E-state index contributed by atoms with van der Waals surface area (Å²) in [4.78, 5) is 28.8. The standard InChI is InChI=1S/C6H10O2.C2HF3O2/c1-2-3-4-6(8)5-7;3-2(4,5)1(6)7/h5H,2-4H2,1H3;(H,6,7). The largest absolute Gasteiger partial charge is 0.490 e. The first-order valence-corrected chi connectivity index (χ1v) is 4.03. The zero-order valence-corrected chi connectivity index (χ0v) is 8.00. The molecule has 0 saturated carbocycles. The summed E-state index contributed by atoms with van der Waals surface area (Å²) in [7, 11) is 0. The molecule has 15 heavy (non-hydrogen) atoms. The zero-order chi connectivity index (χ0) is 12.5. The van der Waals surface area contributed by atoms with Crippen LogP contribution in [-0.4, -0.2) is 29.3 Å². The number of aliphatic carboxylic acids is 1. The van der Waals surface area contributed by atoms with Crippen molar-refractivity contribution in [3.05, 3.63) is 0 Å². The molecule has 0 spiro atoms. The molecule has 0 amide bonds. The third-order valence-corrected chi connectivity index (χ3v) is 1.15. The number of carboxylic acid groups (broad SMARTS) is 1. The fourth-order valence-corrected chi connectivity index (χ4v) is 0.410. The molecule has 0 heterocycles. The van der Waals surface area contributed by atoms with Crippen LogP contribution in [-0.2, 0) is 14.4 Å². The van der Waals surface area contributed by atoms with Crippen molar-refractivity contribution in [2.45, 2.75) is 32.4 Å². The summed E-state index contributed by atoms with van der Waals surface area (Å²) in [6.07, 6.45) is -2.48. The van der Waals surface area contributed by atoms with Gasteiger partial charge in [-0.3, -0.25) is 9.59 Å². The second-order valence-corrected chi connectivity index (χ2v) is 2.49. The summed E-state index contributed by atoms with van der Waals surface area (Å²) in [5.41, 5.74) is 0. The van der Waals surface area contributed by atoms with Crippen molar-refractivity contribution in [3.63, 3.8) is 0 Å². The van der Waals surface area contributed by atoms with Crippen molar-refractivity contribution in [1.82, 2.24) is 0 Å². The van der Waals surface area contributed by atoms with E-state index in [9.17, 15) is 22.8 Å². The summed E-state index contributed by atoms with van der Waals surface area (Å²) in [6.45, 7) is 1.98. The molecule has 0 aliphatic rings. The van der Waals surface area contributed by atoms with Gasteiger partial charge in [-0.15, -0.1) is 0 Å². The Balaban J connectivity index is 0. The number of aldehydes is 1. The van der Waals surface area contributed by atoms with Crippen LogP contribution in [0.1, 0.15) is 26.2 Å². The molecule has 0 atom stereocenters. The lowest BCUT2D eigenvalue weighted by Gasteiger charge is -1.93. The molecule has 4 nitrogen and oxygen atoms in total. The number of hydrogen-bond acceptors (Lipinski definition) is 3. The highest BCUT2D eigenvalue weighted by atomic mass is 19.4. The maximum atomic E-state index is 10.6. The van der Waals surface area contributed by atoms with Gasteiger partial charge in [-0.25, -0.2) is 4.79 Å². The molecule has 1 N–H and O–H groups in total. The maximum Gasteiger partial charge on any atom is 0.490 e. The lowest BCUT2D eigenvalue weighted by Crippen LogP contribution is -2.21. The quantitative estimate of drug-likeness (QED) is 0.585. The van der Waals surface area contributed by atoms with Gasteiger partial charge in [-0.2, -0.15) is 13.2 Å². The van der Waals surface area contributed by atoms with Crippen LogP contribution < -0.4 is 0 Å². The number of rotatable bonds is 4. The van der Waals surface area contributed by atoms with E-state index in [1.165, 1.54) is 0 Å². The van der Waals surface area contributed by atoms with Gasteiger partial charge in [0.05, 0.1) is 0 Å². The smallest absolute Gasteiger partial charge is 0.475 e. The molecule has 0 rings (SSSR count). The third kappa shape index (κ3) is 12.6. The SMILES string of the molecule is CCCCC(=O)C=O.O=C(O)C(F)(F)F. The first-order chi connectivity index (χ1) is 6.75. The number of unbranched alkanes of at least 4 members (excludes halogenated alkanes) is 1. The highest BCUT2D eigenvalue weighted by Crippen LogP contribution is 2.13. The molecule has 0 aliphatic carbocycles. The number of halogens is 3. The van der Waals surface area contributed by atoms with Crippen molar-refractivity contribution in [1.29, 1.82) is 0 Å². The number of carbonyl (C=O) groups excluding carboxylic acids is 2. The van der Waals surface area contributed by atoms with E-state index in [2.05, 4.69) is 0 Å². The van der Waals surface area contributed by atoms with Crippen LogP contribution >= 0.6 is 0 Å². The Morgan fingerprint density at radius 2 is 1.73 bits per heavy atom. The lowest BCUT2D eigenvalue weighted by atomic mass is 10.2. The van der Waals surface area contributed by atoms with Crippen LogP contribution in [0.25, 0.3) is 0 Å². The monoisotopic (exact) mass is 228 g/mol. The fourth-order valence-electron chi connectivity index (χ4n) is 0.410. The fraction of sp³-hybridized carbons (Fsp3) is 0.625. The van der Waals surface area contributed by atoms with Crippen molar-refractivity contribution in [2.75, 3.05) is 0 Å².